The fourth-order valence-corrected chi connectivity index (χ4v) is 2.37. The molecule has 112 valence electrons. The molecule has 0 N–H and O–H groups in total. The first-order valence-corrected chi connectivity index (χ1v) is 6.84. The van der Waals surface area contributed by atoms with Crippen molar-refractivity contribution in [2.24, 2.45) is 0 Å². The van der Waals surface area contributed by atoms with Gasteiger partial charge in [0.15, 0.2) is 0 Å². The lowest BCUT2D eigenvalue weighted by molar-refractivity contribution is -0.384. The summed E-state index contributed by atoms with van der Waals surface area (Å²) in [7, 11) is 0. The molecule has 23 heavy (non-hydrogen) atoms. The van der Waals surface area contributed by atoms with Crippen LogP contribution >= 0.6 is 0 Å². The Kier molecular flexibility index (Phi) is 2.87. The lowest BCUT2D eigenvalue weighted by Crippen LogP contribution is -2.02. The number of nitro groups is 1. The van der Waals surface area contributed by atoms with E-state index in [9.17, 15) is 10.1 Å². The molecule has 0 spiro atoms. The molecule has 0 unspecified atom stereocenters. The molecule has 0 atom stereocenters. The van der Waals surface area contributed by atoms with Crippen molar-refractivity contribution in [2.75, 3.05) is 0 Å². The smallest absolute Gasteiger partial charge is 0.258 e. The summed E-state index contributed by atoms with van der Waals surface area (Å²) in [4.78, 5) is 10.9. The predicted molar refractivity (Wildman–Crippen MR) is 82.6 cm³/mol. The summed E-state index contributed by atoms with van der Waals surface area (Å²) in [5.74, 6) is 0.132. The van der Waals surface area contributed by atoms with Crippen LogP contribution in [0.4, 0.5) is 5.69 Å². The number of fused-ring (bicyclic) bond motifs is 1. The zero-order valence-corrected chi connectivity index (χ0v) is 11.8. The van der Waals surface area contributed by atoms with Gasteiger partial charge in [-0.05, 0) is 24.3 Å². The molecular formula is C15H10N6O2. The van der Waals surface area contributed by atoms with Gasteiger partial charge in [-0.3, -0.25) is 10.1 Å². The Balaban J connectivity index is 1.94. The van der Waals surface area contributed by atoms with Gasteiger partial charge in [-0.15, -0.1) is 10.2 Å². The average Bonchev–Trinajstić information content (AvgIpc) is 3.19. The largest absolute Gasteiger partial charge is 0.333 e. The van der Waals surface area contributed by atoms with Gasteiger partial charge in [0.05, 0.1) is 16.1 Å². The van der Waals surface area contributed by atoms with Crippen LogP contribution in [0.3, 0.4) is 0 Å². The maximum atomic E-state index is 11.4. The van der Waals surface area contributed by atoms with Crippen LogP contribution in [0.1, 0.15) is 0 Å². The van der Waals surface area contributed by atoms with E-state index >= 15 is 0 Å². The number of hydrogen-bond acceptors (Lipinski definition) is 5. The van der Waals surface area contributed by atoms with Gasteiger partial charge in [0.1, 0.15) is 11.7 Å². The van der Waals surface area contributed by atoms with Gasteiger partial charge in [-0.25, -0.2) is 4.68 Å². The van der Waals surface area contributed by atoms with E-state index in [1.807, 2.05) is 42.5 Å². The monoisotopic (exact) mass is 306 g/mol. The highest BCUT2D eigenvalue weighted by Gasteiger charge is 2.24. The molecule has 2 aromatic heterocycles. The molecule has 0 aliphatic heterocycles. The van der Waals surface area contributed by atoms with Gasteiger partial charge in [0.25, 0.3) is 5.82 Å². The third kappa shape index (κ3) is 2.13. The Morgan fingerprint density at radius 3 is 2.52 bits per heavy atom. The Labute approximate surface area is 129 Å². The van der Waals surface area contributed by atoms with Gasteiger partial charge in [-0.2, -0.15) is 4.68 Å². The van der Waals surface area contributed by atoms with Crippen molar-refractivity contribution in [3.63, 3.8) is 0 Å². The summed E-state index contributed by atoms with van der Waals surface area (Å²) < 4.78 is 2.84. The molecule has 0 radical (unpaired) electrons. The van der Waals surface area contributed by atoms with E-state index in [0.717, 1.165) is 5.69 Å². The van der Waals surface area contributed by atoms with Crippen LogP contribution in [0.2, 0.25) is 0 Å². The minimum absolute atomic E-state index is 0.132. The number of rotatable bonds is 3. The van der Waals surface area contributed by atoms with Crippen LogP contribution in [0.15, 0.2) is 60.8 Å². The highest BCUT2D eigenvalue weighted by Crippen LogP contribution is 2.25. The molecule has 8 heteroatoms. The lowest BCUT2D eigenvalue weighted by Gasteiger charge is -1.99. The standard InChI is InChI=1S/C15H10N6O2/c22-21(23)14-10-19(11-6-2-1-3-7-11)17-15(14)20-13-9-5-4-8-12(13)16-18-20/h1-10H. The number of nitrogens with zero attached hydrogens (tertiary/aromatic N) is 6. The molecule has 4 rings (SSSR count). The topological polar surface area (TPSA) is 91.7 Å². The normalized spacial score (nSPS) is 11.0. The molecule has 0 bridgehead atoms. The molecule has 0 saturated heterocycles. The van der Waals surface area contributed by atoms with Crippen molar-refractivity contribution in [3.05, 3.63) is 70.9 Å². The van der Waals surface area contributed by atoms with Crippen molar-refractivity contribution in [1.29, 1.82) is 0 Å². The summed E-state index contributed by atoms with van der Waals surface area (Å²) >= 11 is 0. The summed E-state index contributed by atoms with van der Waals surface area (Å²) in [5.41, 5.74) is 1.90. The van der Waals surface area contributed by atoms with Crippen LogP contribution in [0.25, 0.3) is 22.5 Å². The molecule has 0 aliphatic rings. The number of benzene rings is 2. The second-order valence-corrected chi connectivity index (χ2v) is 4.87. The molecule has 2 heterocycles. The van der Waals surface area contributed by atoms with Crippen molar-refractivity contribution >= 4 is 16.7 Å². The SMILES string of the molecule is O=[N+]([O-])c1cn(-c2ccccc2)nc1-n1nnc2ccccc21. The molecule has 4 aromatic rings. The molecule has 0 aliphatic carbocycles. The number of hydrogen-bond donors (Lipinski definition) is 0. The van der Waals surface area contributed by atoms with Crippen LogP contribution < -0.4 is 0 Å². The predicted octanol–water partition coefficient (Wildman–Crippen LogP) is 2.51. The van der Waals surface area contributed by atoms with Crippen LogP contribution in [0, 0.1) is 10.1 Å². The second kappa shape index (κ2) is 5.02. The first-order valence-electron chi connectivity index (χ1n) is 6.84. The van der Waals surface area contributed by atoms with Crippen LogP contribution in [-0.4, -0.2) is 29.7 Å². The van der Waals surface area contributed by atoms with Crippen molar-refractivity contribution in [2.45, 2.75) is 0 Å². The fraction of sp³-hybridized carbons (Fsp3) is 0. The number of aromatic nitrogens is 5. The number of para-hydroxylation sites is 2. The van der Waals surface area contributed by atoms with Crippen molar-refractivity contribution in [1.82, 2.24) is 24.8 Å². The maximum absolute atomic E-state index is 11.4. The van der Waals surface area contributed by atoms with E-state index in [0.29, 0.717) is 11.0 Å². The minimum atomic E-state index is -0.474. The van der Waals surface area contributed by atoms with E-state index < -0.39 is 4.92 Å². The van der Waals surface area contributed by atoms with Gasteiger partial charge in [0.2, 0.25) is 0 Å². The Hall–Kier alpha value is -3.55. The highest BCUT2D eigenvalue weighted by atomic mass is 16.6. The summed E-state index contributed by atoms with van der Waals surface area (Å²) in [6.45, 7) is 0. The average molecular weight is 306 g/mol. The Bertz CT molecular complexity index is 1010. The van der Waals surface area contributed by atoms with E-state index in [2.05, 4.69) is 15.4 Å². The molecule has 0 amide bonds. The van der Waals surface area contributed by atoms with Crippen molar-refractivity contribution in [3.8, 4) is 11.5 Å². The second-order valence-electron chi connectivity index (χ2n) is 4.87. The first-order chi connectivity index (χ1) is 11.2. The zero-order valence-electron chi connectivity index (χ0n) is 11.8. The molecule has 2 aromatic carbocycles. The third-order valence-electron chi connectivity index (χ3n) is 3.45. The van der Waals surface area contributed by atoms with E-state index in [-0.39, 0.29) is 11.5 Å². The van der Waals surface area contributed by atoms with Gasteiger partial charge in [0, 0.05) is 0 Å². The van der Waals surface area contributed by atoms with Gasteiger partial charge in [-0.1, -0.05) is 35.5 Å². The summed E-state index contributed by atoms with van der Waals surface area (Å²) in [5, 5.41) is 23.7. The minimum Gasteiger partial charge on any atom is -0.258 e. The molecule has 0 saturated carbocycles. The molecule has 8 nitrogen and oxygen atoms in total. The van der Waals surface area contributed by atoms with Crippen LogP contribution in [0.5, 0.6) is 0 Å². The Morgan fingerprint density at radius 1 is 1.00 bits per heavy atom. The third-order valence-corrected chi connectivity index (χ3v) is 3.45. The fourth-order valence-electron chi connectivity index (χ4n) is 2.37. The van der Waals surface area contributed by atoms with E-state index in [1.165, 1.54) is 15.6 Å². The first kappa shape index (κ1) is 13.1. The maximum Gasteiger partial charge on any atom is 0.333 e. The lowest BCUT2D eigenvalue weighted by atomic mass is 10.3. The summed E-state index contributed by atoms with van der Waals surface area (Å²) in [6.07, 6.45) is 1.38. The van der Waals surface area contributed by atoms with Crippen molar-refractivity contribution < 1.29 is 4.92 Å². The highest BCUT2D eigenvalue weighted by molar-refractivity contribution is 5.76. The molecule has 0 fully saturated rings. The Morgan fingerprint density at radius 2 is 1.74 bits per heavy atom. The zero-order chi connectivity index (χ0) is 15.8. The van der Waals surface area contributed by atoms with E-state index in [4.69, 9.17) is 0 Å². The molecular weight excluding hydrogens is 296 g/mol. The van der Waals surface area contributed by atoms with Gasteiger partial charge < -0.3 is 0 Å². The van der Waals surface area contributed by atoms with Crippen LogP contribution in [-0.2, 0) is 0 Å². The van der Waals surface area contributed by atoms with E-state index in [1.54, 1.807) is 12.1 Å². The quantitative estimate of drug-likeness (QED) is 0.428. The van der Waals surface area contributed by atoms with Gasteiger partial charge >= 0.3 is 5.69 Å². The summed E-state index contributed by atoms with van der Waals surface area (Å²) in [6, 6.07) is 16.4.